The van der Waals surface area contributed by atoms with Crippen molar-refractivity contribution in [2.75, 3.05) is 7.11 Å². The van der Waals surface area contributed by atoms with Crippen LogP contribution in [0.3, 0.4) is 0 Å². The Labute approximate surface area is 111 Å². The molecule has 1 N–H and O–H groups in total. The molecule has 19 heavy (non-hydrogen) atoms. The Kier molecular flexibility index (Phi) is 4.72. The minimum atomic E-state index is -0.496. The lowest BCUT2D eigenvalue weighted by molar-refractivity contribution is 0.0229. The average molecular weight is 261 g/mol. The van der Waals surface area contributed by atoms with Crippen LogP contribution >= 0.6 is 0 Å². The summed E-state index contributed by atoms with van der Waals surface area (Å²) in [6.07, 6.45) is 1.44. The molecule has 5 heteroatoms. The molecule has 1 aromatic carbocycles. The number of hydroxylamine groups is 1. The van der Waals surface area contributed by atoms with E-state index >= 15 is 0 Å². The van der Waals surface area contributed by atoms with E-state index < -0.39 is 5.97 Å². The van der Waals surface area contributed by atoms with Crippen molar-refractivity contribution in [2.24, 2.45) is 0 Å². The number of methoxy groups -OCH3 is 1. The molecule has 2 rings (SSSR count). The fraction of sp³-hybridized carbons (Fsp3) is 0.214. The number of hydrogen-bond donors (Lipinski definition) is 1. The molecular formula is C14H15NO4. The van der Waals surface area contributed by atoms with Crippen LogP contribution in [0.25, 0.3) is 0 Å². The third kappa shape index (κ3) is 3.67. The van der Waals surface area contributed by atoms with Gasteiger partial charge in [0.05, 0.1) is 26.5 Å². The molecule has 0 amide bonds. The minimum absolute atomic E-state index is 0.193. The molecule has 1 aromatic heterocycles. The number of nitrogens with one attached hydrogen (secondary N) is 1. The maximum absolute atomic E-state index is 11.4. The first-order chi connectivity index (χ1) is 9.31. The molecule has 0 saturated carbocycles. The van der Waals surface area contributed by atoms with Gasteiger partial charge in [0.2, 0.25) is 5.76 Å². The molecule has 0 aliphatic rings. The third-order valence-electron chi connectivity index (χ3n) is 2.56. The van der Waals surface area contributed by atoms with Crippen molar-refractivity contribution in [1.82, 2.24) is 5.48 Å². The summed E-state index contributed by atoms with van der Waals surface area (Å²) in [4.78, 5) is 16.7. The van der Waals surface area contributed by atoms with Gasteiger partial charge in [0.25, 0.3) is 0 Å². The summed E-state index contributed by atoms with van der Waals surface area (Å²) in [7, 11) is 1.31. The number of furan rings is 1. The summed E-state index contributed by atoms with van der Waals surface area (Å²) in [5, 5.41) is 0. The van der Waals surface area contributed by atoms with Gasteiger partial charge < -0.3 is 9.15 Å². The lowest BCUT2D eigenvalue weighted by Gasteiger charge is -2.05. The molecular weight excluding hydrogens is 246 g/mol. The summed E-state index contributed by atoms with van der Waals surface area (Å²) in [6.45, 7) is 0.819. The predicted octanol–water partition coefficient (Wildman–Crippen LogP) is 2.29. The number of carbonyl (C=O) groups is 1. The Hall–Kier alpha value is -2.11. The second-order valence-corrected chi connectivity index (χ2v) is 3.86. The van der Waals surface area contributed by atoms with Gasteiger partial charge in [-0.05, 0) is 11.6 Å². The van der Waals surface area contributed by atoms with Crippen molar-refractivity contribution in [3.8, 4) is 0 Å². The quantitative estimate of drug-likeness (QED) is 0.491. The monoisotopic (exact) mass is 261 g/mol. The third-order valence-corrected chi connectivity index (χ3v) is 2.56. The Morgan fingerprint density at radius 1 is 1.26 bits per heavy atom. The van der Waals surface area contributed by atoms with Gasteiger partial charge in [0.1, 0.15) is 0 Å². The average Bonchev–Trinajstić information content (AvgIpc) is 2.92. The van der Waals surface area contributed by atoms with Crippen LogP contribution in [0, 0.1) is 0 Å². The maximum Gasteiger partial charge on any atom is 0.374 e. The molecule has 0 fully saturated rings. The normalized spacial score (nSPS) is 10.4. The summed E-state index contributed by atoms with van der Waals surface area (Å²) in [5.41, 5.74) is 4.55. The van der Waals surface area contributed by atoms with E-state index in [1.165, 1.54) is 13.4 Å². The number of rotatable bonds is 6. The van der Waals surface area contributed by atoms with Gasteiger partial charge in [0, 0.05) is 5.56 Å². The van der Waals surface area contributed by atoms with E-state index in [0.717, 1.165) is 5.56 Å². The molecule has 5 nitrogen and oxygen atoms in total. The zero-order chi connectivity index (χ0) is 13.5. The molecule has 0 unspecified atom stereocenters. The lowest BCUT2D eigenvalue weighted by Crippen LogP contribution is -2.15. The molecule has 0 aliphatic heterocycles. The number of ether oxygens (including phenoxy) is 1. The van der Waals surface area contributed by atoms with Gasteiger partial charge in [-0.3, -0.25) is 4.84 Å². The second-order valence-electron chi connectivity index (χ2n) is 3.86. The van der Waals surface area contributed by atoms with Crippen molar-refractivity contribution >= 4 is 5.97 Å². The van der Waals surface area contributed by atoms with Gasteiger partial charge >= 0.3 is 5.97 Å². The van der Waals surface area contributed by atoms with Crippen LogP contribution in [0.4, 0.5) is 0 Å². The van der Waals surface area contributed by atoms with Crippen LogP contribution in [0.5, 0.6) is 0 Å². The van der Waals surface area contributed by atoms with Crippen molar-refractivity contribution in [1.29, 1.82) is 0 Å². The SMILES string of the molecule is COC(=O)c1occc1CNOCc1ccccc1. The van der Waals surface area contributed by atoms with Crippen LogP contribution in [0.2, 0.25) is 0 Å². The van der Waals surface area contributed by atoms with E-state index in [4.69, 9.17) is 9.25 Å². The van der Waals surface area contributed by atoms with Crippen LogP contribution in [-0.4, -0.2) is 13.1 Å². The fourth-order valence-corrected chi connectivity index (χ4v) is 1.58. The summed E-state index contributed by atoms with van der Waals surface area (Å²) in [6, 6.07) is 11.5. The van der Waals surface area contributed by atoms with E-state index in [0.29, 0.717) is 18.7 Å². The summed E-state index contributed by atoms with van der Waals surface area (Å²) < 4.78 is 9.67. The molecule has 100 valence electrons. The Morgan fingerprint density at radius 2 is 2.05 bits per heavy atom. The van der Waals surface area contributed by atoms with Gasteiger partial charge in [-0.2, -0.15) is 5.48 Å². The van der Waals surface area contributed by atoms with Gasteiger partial charge in [0.15, 0.2) is 0 Å². The summed E-state index contributed by atoms with van der Waals surface area (Å²) in [5.74, 6) is -0.303. The van der Waals surface area contributed by atoms with E-state index in [-0.39, 0.29) is 5.76 Å². The largest absolute Gasteiger partial charge is 0.463 e. The molecule has 0 spiro atoms. The Bertz CT molecular complexity index is 521. The highest BCUT2D eigenvalue weighted by Crippen LogP contribution is 2.11. The van der Waals surface area contributed by atoms with Gasteiger partial charge in [-0.1, -0.05) is 30.3 Å². The first kappa shape index (κ1) is 13.3. The standard InChI is InChI=1S/C14H15NO4/c1-17-14(16)13-12(7-8-18-13)9-15-19-10-11-5-3-2-4-6-11/h2-8,15H,9-10H2,1H3. The van der Waals surface area contributed by atoms with Crippen molar-refractivity contribution < 1.29 is 18.8 Å². The van der Waals surface area contributed by atoms with Crippen LogP contribution < -0.4 is 5.48 Å². The zero-order valence-corrected chi connectivity index (χ0v) is 10.6. The fourth-order valence-electron chi connectivity index (χ4n) is 1.58. The Morgan fingerprint density at radius 3 is 2.79 bits per heavy atom. The first-order valence-electron chi connectivity index (χ1n) is 5.84. The predicted molar refractivity (Wildman–Crippen MR) is 68.1 cm³/mol. The molecule has 0 bridgehead atoms. The molecule has 2 aromatic rings. The van der Waals surface area contributed by atoms with Crippen molar-refractivity contribution in [3.63, 3.8) is 0 Å². The van der Waals surface area contributed by atoms with Gasteiger partial charge in [-0.15, -0.1) is 0 Å². The highest BCUT2D eigenvalue weighted by Gasteiger charge is 2.15. The maximum atomic E-state index is 11.4. The lowest BCUT2D eigenvalue weighted by atomic mass is 10.2. The first-order valence-corrected chi connectivity index (χ1v) is 5.84. The molecule has 1 heterocycles. The highest BCUT2D eigenvalue weighted by molar-refractivity contribution is 5.87. The van der Waals surface area contributed by atoms with E-state index in [9.17, 15) is 4.79 Å². The van der Waals surface area contributed by atoms with Crippen LogP contribution in [0.15, 0.2) is 47.1 Å². The molecule has 0 radical (unpaired) electrons. The minimum Gasteiger partial charge on any atom is -0.463 e. The number of esters is 1. The highest BCUT2D eigenvalue weighted by atomic mass is 16.6. The van der Waals surface area contributed by atoms with Crippen molar-refractivity contribution in [3.05, 3.63) is 59.5 Å². The summed E-state index contributed by atoms with van der Waals surface area (Å²) >= 11 is 0. The number of benzene rings is 1. The smallest absolute Gasteiger partial charge is 0.374 e. The van der Waals surface area contributed by atoms with Crippen molar-refractivity contribution in [2.45, 2.75) is 13.2 Å². The van der Waals surface area contributed by atoms with E-state index in [1.807, 2.05) is 30.3 Å². The molecule has 0 aliphatic carbocycles. The van der Waals surface area contributed by atoms with Crippen LogP contribution in [0.1, 0.15) is 21.7 Å². The number of hydrogen-bond acceptors (Lipinski definition) is 5. The number of carbonyl (C=O) groups excluding carboxylic acids is 1. The molecule has 0 saturated heterocycles. The van der Waals surface area contributed by atoms with E-state index in [2.05, 4.69) is 10.2 Å². The van der Waals surface area contributed by atoms with Crippen LogP contribution in [-0.2, 0) is 22.7 Å². The molecule has 0 atom stereocenters. The zero-order valence-electron chi connectivity index (χ0n) is 10.6. The van der Waals surface area contributed by atoms with Gasteiger partial charge in [-0.25, -0.2) is 4.79 Å². The topological polar surface area (TPSA) is 60.7 Å². The second kappa shape index (κ2) is 6.72. The van der Waals surface area contributed by atoms with E-state index in [1.54, 1.807) is 6.07 Å². The Balaban J connectivity index is 1.80.